The zero-order valence-corrected chi connectivity index (χ0v) is 17.3. The highest BCUT2D eigenvalue weighted by atomic mass is 127. The molecule has 25 heavy (non-hydrogen) atoms. The number of likely N-dealkylation sites (N-methyl/N-ethyl adjacent to an activating group) is 1. The molecular weight excluding hydrogens is 429 g/mol. The van der Waals surface area contributed by atoms with E-state index < -0.39 is 0 Å². The van der Waals surface area contributed by atoms with Crippen LogP contribution in [-0.4, -0.2) is 68.2 Å². The number of nitrogens with one attached hydrogen (secondary N) is 1. The summed E-state index contributed by atoms with van der Waals surface area (Å²) in [5, 5.41) is 3.35. The van der Waals surface area contributed by atoms with Gasteiger partial charge in [-0.3, -0.25) is 9.89 Å². The Morgan fingerprint density at radius 3 is 2.72 bits per heavy atom. The lowest BCUT2D eigenvalue weighted by Gasteiger charge is -2.33. The van der Waals surface area contributed by atoms with Gasteiger partial charge in [-0.25, -0.2) is 0 Å². The predicted octanol–water partition coefficient (Wildman–Crippen LogP) is 1.67. The van der Waals surface area contributed by atoms with E-state index in [0.717, 1.165) is 63.5 Å². The molecule has 140 valence electrons. The van der Waals surface area contributed by atoms with Gasteiger partial charge in [0.1, 0.15) is 5.75 Å². The molecule has 0 radical (unpaired) electrons. The molecule has 2 aliphatic heterocycles. The van der Waals surface area contributed by atoms with Crippen LogP contribution in [-0.2, 0) is 0 Å². The van der Waals surface area contributed by atoms with Gasteiger partial charge in [0.15, 0.2) is 5.96 Å². The summed E-state index contributed by atoms with van der Waals surface area (Å²) >= 11 is 0. The van der Waals surface area contributed by atoms with Gasteiger partial charge in [0.25, 0.3) is 0 Å². The predicted molar refractivity (Wildman–Crippen MR) is 113 cm³/mol. The van der Waals surface area contributed by atoms with Crippen LogP contribution in [0.2, 0.25) is 0 Å². The number of nitrogens with two attached hydrogens (primary N) is 1. The van der Waals surface area contributed by atoms with Crippen LogP contribution >= 0.6 is 24.0 Å². The Morgan fingerprint density at radius 2 is 1.96 bits per heavy atom. The minimum absolute atomic E-state index is 0. The van der Waals surface area contributed by atoms with Crippen LogP contribution in [0, 0.1) is 0 Å². The van der Waals surface area contributed by atoms with Crippen molar-refractivity contribution in [3.05, 3.63) is 29.8 Å². The second kappa shape index (κ2) is 10.2. The van der Waals surface area contributed by atoms with Gasteiger partial charge in [-0.15, -0.1) is 24.0 Å². The fourth-order valence-electron chi connectivity index (χ4n) is 3.36. The van der Waals surface area contributed by atoms with E-state index in [2.05, 4.69) is 33.1 Å². The number of aliphatic imine (C=N–C) groups is 1. The number of para-hydroxylation sites is 1. The minimum Gasteiger partial charge on any atom is -0.493 e. The van der Waals surface area contributed by atoms with Crippen molar-refractivity contribution < 1.29 is 4.74 Å². The summed E-state index contributed by atoms with van der Waals surface area (Å²) in [4.78, 5) is 9.46. The summed E-state index contributed by atoms with van der Waals surface area (Å²) in [5.41, 5.74) is 7.26. The summed E-state index contributed by atoms with van der Waals surface area (Å²) in [6.45, 7) is 10.4. The van der Waals surface area contributed by atoms with Crippen molar-refractivity contribution in [3.63, 3.8) is 0 Å². The number of fused-ring (bicyclic) bond motifs is 1. The monoisotopic (exact) mass is 459 g/mol. The second-order valence-electron chi connectivity index (χ2n) is 6.41. The number of halogens is 1. The first-order valence-corrected chi connectivity index (χ1v) is 8.99. The van der Waals surface area contributed by atoms with Gasteiger partial charge in [-0.2, -0.15) is 0 Å². The smallest absolute Gasteiger partial charge is 0.189 e. The lowest BCUT2D eigenvalue weighted by atomic mass is 10.0. The van der Waals surface area contributed by atoms with Crippen LogP contribution in [0.25, 0.3) is 0 Å². The number of hydrogen-bond donors (Lipinski definition) is 2. The molecule has 0 spiro atoms. The molecule has 1 fully saturated rings. The van der Waals surface area contributed by atoms with Crippen molar-refractivity contribution >= 4 is 29.9 Å². The number of piperazine rings is 1. The van der Waals surface area contributed by atoms with Gasteiger partial charge in [-0.1, -0.05) is 25.1 Å². The molecule has 0 amide bonds. The van der Waals surface area contributed by atoms with Gasteiger partial charge in [0.2, 0.25) is 0 Å². The molecule has 0 aromatic heterocycles. The van der Waals surface area contributed by atoms with Crippen molar-refractivity contribution in [2.24, 2.45) is 10.7 Å². The summed E-state index contributed by atoms with van der Waals surface area (Å²) < 4.78 is 5.68. The molecule has 6 nitrogen and oxygen atoms in total. The molecule has 1 unspecified atom stereocenters. The Kier molecular flexibility index (Phi) is 8.25. The maximum Gasteiger partial charge on any atom is 0.189 e. The number of benzene rings is 1. The Labute approximate surface area is 167 Å². The molecule has 2 heterocycles. The highest BCUT2D eigenvalue weighted by Gasteiger charge is 2.21. The average Bonchev–Trinajstić information content (AvgIpc) is 2.63. The molecule has 7 heteroatoms. The van der Waals surface area contributed by atoms with Crippen molar-refractivity contribution in [3.8, 4) is 5.75 Å². The fourth-order valence-corrected chi connectivity index (χ4v) is 3.36. The average molecular weight is 459 g/mol. The molecule has 3 N–H and O–H groups in total. The van der Waals surface area contributed by atoms with E-state index >= 15 is 0 Å². The fraction of sp³-hybridized carbons (Fsp3) is 0.611. The number of guanidine groups is 1. The molecule has 1 aromatic carbocycles. The van der Waals surface area contributed by atoms with E-state index in [1.807, 2.05) is 18.2 Å². The molecule has 2 aliphatic rings. The van der Waals surface area contributed by atoms with E-state index in [0.29, 0.717) is 12.6 Å². The molecule has 0 saturated carbocycles. The molecule has 1 atom stereocenters. The number of ether oxygens (including phenoxy) is 1. The first-order chi connectivity index (χ1) is 11.8. The zero-order chi connectivity index (χ0) is 16.8. The van der Waals surface area contributed by atoms with Crippen molar-refractivity contribution in [2.45, 2.75) is 19.4 Å². The highest BCUT2D eigenvalue weighted by molar-refractivity contribution is 14.0. The third-order valence-electron chi connectivity index (χ3n) is 4.89. The van der Waals surface area contributed by atoms with Crippen molar-refractivity contribution in [1.29, 1.82) is 0 Å². The topological polar surface area (TPSA) is 66.1 Å². The van der Waals surface area contributed by atoms with Gasteiger partial charge in [0.05, 0.1) is 19.2 Å². The third-order valence-corrected chi connectivity index (χ3v) is 4.89. The lowest BCUT2D eigenvalue weighted by molar-refractivity contribution is 0.140. The normalized spacial score (nSPS) is 21.8. The van der Waals surface area contributed by atoms with Crippen LogP contribution in [0.5, 0.6) is 5.75 Å². The van der Waals surface area contributed by atoms with Crippen LogP contribution in [0.4, 0.5) is 0 Å². The van der Waals surface area contributed by atoms with Gasteiger partial charge >= 0.3 is 0 Å². The van der Waals surface area contributed by atoms with Crippen LogP contribution in [0.15, 0.2) is 29.3 Å². The molecule has 0 aliphatic carbocycles. The second-order valence-corrected chi connectivity index (χ2v) is 6.41. The molecule has 0 bridgehead atoms. The van der Waals surface area contributed by atoms with Gasteiger partial charge < -0.3 is 20.7 Å². The number of hydrogen-bond acceptors (Lipinski definition) is 4. The SMILES string of the molecule is CCN1CCN(CCN=C(N)NC2CCOc3ccccc32)CC1.I. The summed E-state index contributed by atoms with van der Waals surface area (Å²) in [5.74, 6) is 1.48. The number of nitrogens with zero attached hydrogens (tertiary/aromatic N) is 3. The Hall–Kier alpha value is -1.06. The summed E-state index contributed by atoms with van der Waals surface area (Å²) in [7, 11) is 0. The first kappa shape index (κ1) is 20.3. The molecule has 3 rings (SSSR count). The van der Waals surface area contributed by atoms with Crippen LogP contribution in [0.3, 0.4) is 0 Å². The highest BCUT2D eigenvalue weighted by Crippen LogP contribution is 2.31. The van der Waals surface area contributed by atoms with E-state index in [1.165, 1.54) is 0 Å². The summed E-state index contributed by atoms with van der Waals surface area (Å²) in [6, 6.07) is 8.31. The maximum atomic E-state index is 6.09. The van der Waals surface area contributed by atoms with E-state index in [9.17, 15) is 0 Å². The Bertz CT molecular complexity index is 560. The Morgan fingerprint density at radius 1 is 1.24 bits per heavy atom. The quantitative estimate of drug-likeness (QED) is 0.399. The van der Waals surface area contributed by atoms with E-state index in [-0.39, 0.29) is 30.0 Å². The largest absolute Gasteiger partial charge is 0.493 e. The van der Waals surface area contributed by atoms with Crippen molar-refractivity contribution in [2.75, 3.05) is 52.4 Å². The van der Waals surface area contributed by atoms with Crippen LogP contribution < -0.4 is 15.8 Å². The zero-order valence-electron chi connectivity index (χ0n) is 15.0. The molecule has 1 saturated heterocycles. The summed E-state index contributed by atoms with van der Waals surface area (Å²) in [6.07, 6.45) is 0.909. The molecule has 1 aromatic rings. The van der Waals surface area contributed by atoms with Crippen molar-refractivity contribution in [1.82, 2.24) is 15.1 Å². The first-order valence-electron chi connectivity index (χ1n) is 8.99. The van der Waals surface area contributed by atoms with Gasteiger partial charge in [0, 0.05) is 44.7 Å². The van der Waals surface area contributed by atoms with E-state index in [4.69, 9.17) is 10.5 Å². The molecular formula is C18H30IN5O. The standard InChI is InChI=1S/C18H29N5O.HI/c1-2-22-10-12-23(13-11-22)9-8-20-18(19)21-16-7-14-24-17-6-4-3-5-15(16)17;/h3-6,16H,2,7-14H2,1H3,(H3,19,20,21);1H. The lowest BCUT2D eigenvalue weighted by Crippen LogP contribution is -2.47. The van der Waals surface area contributed by atoms with E-state index in [1.54, 1.807) is 0 Å². The van der Waals surface area contributed by atoms with Gasteiger partial charge in [-0.05, 0) is 12.6 Å². The maximum absolute atomic E-state index is 6.09. The Balaban J connectivity index is 0.00000225. The minimum atomic E-state index is 0. The third kappa shape index (κ3) is 5.72. The van der Waals surface area contributed by atoms with Crippen LogP contribution in [0.1, 0.15) is 24.9 Å². The number of rotatable bonds is 5.